The number of hydrogen-bond donors (Lipinski definition) is 0. The molecule has 0 fully saturated rings. The molecule has 6 heteroatoms. The number of rotatable bonds is 7. The van der Waals surface area contributed by atoms with Gasteiger partial charge in [0.05, 0.1) is 0 Å². The molecule has 2 rings (SSSR count). The number of amides is 1. The number of carbonyl (C=O) groups excluding carboxylic acids is 1. The maximum absolute atomic E-state index is 12.5. The lowest BCUT2D eigenvalue weighted by Gasteiger charge is -2.17. The molecular weight excluding hydrogens is 350 g/mol. The normalized spacial score (nSPS) is 11.2. The summed E-state index contributed by atoms with van der Waals surface area (Å²) in [6.45, 7) is 6.31. The predicted octanol–water partition coefficient (Wildman–Crippen LogP) is 3.94. The van der Waals surface area contributed by atoms with E-state index < -0.39 is 10.1 Å². The van der Waals surface area contributed by atoms with Gasteiger partial charge in [0.1, 0.15) is 10.6 Å². The van der Waals surface area contributed by atoms with E-state index in [9.17, 15) is 13.2 Å². The highest BCUT2D eigenvalue weighted by molar-refractivity contribution is 7.87. The van der Waals surface area contributed by atoms with Gasteiger partial charge in [-0.25, -0.2) is 0 Å². The van der Waals surface area contributed by atoms with Crippen LogP contribution >= 0.6 is 0 Å². The van der Waals surface area contributed by atoms with Crippen molar-refractivity contribution in [2.24, 2.45) is 0 Å². The van der Waals surface area contributed by atoms with E-state index >= 15 is 0 Å². The van der Waals surface area contributed by atoms with E-state index in [0.717, 1.165) is 18.4 Å². The molecule has 140 valence electrons. The molecule has 5 nitrogen and oxygen atoms in total. The third-order valence-electron chi connectivity index (χ3n) is 4.11. The number of nitrogens with zero attached hydrogens (tertiary/aromatic N) is 1. The summed E-state index contributed by atoms with van der Waals surface area (Å²) in [5, 5.41) is 0. The number of carbonyl (C=O) groups is 1. The standard InChI is InChI=1S/C20H25NO4S/c1-5-6-13-21(4)20(22)17-9-11-18(12-10-17)25-26(23,24)19-14-15(2)7-8-16(19)3/h7-12,14H,5-6,13H2,1-4H3. The fourth-order valence-corrected chi connectivity index (χ4v) is 3.77. The molecule has 0 bridgehead atoms. The quantitative estimate of drug-likeness (QED) is 0.688. The third-order valence-corrected chi connectivity index (χ3v) is 5.50. The highest BCUT2D eigenvalue weighted by Gasteiger charge is 2.20. The first-order chi connectivity index (χ1) is 12.2. The molecular formula is C20H25NO4S. The Bertz CT molecular complexity index is 873. The lowest BCUT2D eigenvalue weighted by atomic mass is 10.2. The van der Waals surface area contributed by atoms with E-state index in [2.05, 4.69) is 6.92 Å². The van der Waals surface area contributed by atoms with Gasteiger partial charge in [-0.1, -0.05) is 25.5 Å². The lowest BCUT2D eigenvalue weighted by molar-refractivity contribution is 0.0793. The van der Waals surface area contributed by atoms with Gasteiger partial charge in [-0.2, -0.15) is 8.42 Å². The Labute approximate surface area is 155 Å². The van der Waals surface area contributed by atoms with E-state index in [4.69, 9.17) is 4.18 Å². The van der Waals surface area contributed by atoms with Crippen LogP contribution in [0.5, 0.6) is 5.75 Å². The summed E-state index contributed by atoms with van der Waals surface area (Å²) >= 11 is 0. The molecule has 1 amide bonds. The van der Waals surface area contributed by atoms with Crippen LogP contribution in [0, 0.1) is 13.8 Å². The minimum atomic E-state index is -3.92. The van der Waals surface area contributed by atoms with Gasteiger partial charge in [-0.15, -0.1) is 0 Å². The predicted molar refractivity (Wildman–Crippen MR) is 102 cm³/mol. The number of benzene rings is 2. The van der Waals surface area contributed by atoms with Crippen molar-refractivity contribution < 1.29 is 17.4 Å². The summed E-state index contributed by atoms with van der Waals surface area (Å²) in [6.07, 6.45) is 1.96. The summed E-state index contributed by atoms with van der Waals surface area (Å²) < 4.78 is 30.3. The van der Waals surface area contributed by atoms with E-state index in [0.29, 0.717) is 17.7 Å². The zero-order chi connectivity index (χ0) is 19.3. The largest absolute Gasteiger partial charge is 0.379 e. The van der Waals surface area contributed by atoms with Gasteiger partial charge in [0, 0.05) is 19.2 Å². The molecule has 0 spiro atoms. The Morgan fingerprint density at radius 2 is 1.73 bits per heavy atom. The molecule has 0 aliphatic heterocycles. The second-order valence-corrected chi connectivity index (χ2v) is 7.93. The Kier molecular flexibility index (Phi) is 6.42. The Hall–Kier alpha value is -2.34. The zero-order valence-electron chi connectivity index (χ0n) is 15.7. The molecule has 0 saturated heterocycles. The topological polar surface area (TPSA) is 63.7 Å². The van der Waals surface area contributed by atoms with E-state index in [1.54, 1.807) is 43.1 Å². The van der Waals surface area contributed by atoms with Crippen molar-refractivity contribution in [3.8, 4) is 5.75 Å². The fourth-order valence-electron chi connectivity index (χ4n) is 2.52. The van der Waals surface area contributed by atoms with Gasteiger partial charge in [0.2, 0.25) is 0 Å². The molecule has 0 atom stereocenters. The van der Waals surface area contributed by atoms with E-state index in [1.807, 2.05) is 13.0 Å². The number of hydrogen-bond acceptors (Lipinski definition) is 4. The van der Waals surface area contributed by atoms with Gasteiger partial charge in [0.25, 0.3) is 5.91 Å². The highest BCUT2D eigenvalue weighted by atomic mass is 32.2. The van der Waals surface area contributed by atoms with Crippen LogP contribution < -0.4 is 4.18 Å². The smallest absolute Gasteiger partial charge is 0.339 e. The minimum absolute atomic E-state index is 0.0950. The van der Waals surface area contributed by atoms with Crippen LogP contribution in [0.3, 0.4) is 0 Å². The zero-order valence-corrected chi connectivity index (χ0v) is 16.5. The van der Waals surface area contributed by atoms with Crippen molar-refractivity contribution in [3.05, 3.63) is 59.2 Å². The summed E-state index contributed by atoms with van der Waals surface area (Å²) in [6, 6.07) is 11.4. The van der Waals surface area contributed by atoms with E-state index in [-0.39, 0.29) is 16.6 Å². The minimum Gasteiger partial charge on any atom is -0.379 e. The number of unbranched alkanes of at least 4 members (excludes halogenated alkanes) is 1. The third kappa shape index (κ3) is 4.85. The summed E-state index contributed by atoms with van der Waals surface area (Å²) in [7, 11) is -2.17. The van der Waals surface area contributed by atoms with Crippen molar-refractivity contribution in [2.45, 2.75) is 38.5 Å². The van der Waals surface area contributed by atoms with Gasteiger partial charge in [-0.05, 0) is 61.7 Å². The molecule has 2 aromatic rings. The molecule has 0 N–H and O–H groups in total. The molecule has 0 saturated carbocycles. The number of aryl methyl sites for hydroxylation is 2. The molecule has 0 aromatic heterocycles. The lowest BCUT2D eigenvalue weighted by Crippen LogP contribution is -2.27. The van der Waals surface area contributed by atoms with Crippen molar-refractivity contribution in [3.63, 3.8) is 0 Å². The molecule has 0 radical (unpaired) electrons. The molecule has 26 heavy (non-hydrogen) atoms. The molecule has 0 heterocycles. The van der Waals surface area contributed by atoms with Gasteiger partial charge < -0.3 is 9.08 Å². The van der Waals surface area contributed by atoms with Gasteiger partial charge in [-0.3, -0.25) is 4.79 Å². The first kappa shape index (κ1) is 20.0. The van der Waals surface area contributed by atoms with Crippen LogP contribution in [0.1, 0.15) is 41.3 Å². The van der Waals surface area contributed by atoms with Crippen LogP contribution in [0.25, 0.3) is 0 Å². The van der Waals surface area contributed by atoms with Crippen molar-refractivity contribution >= 4 is 16.0 Å². The van der Waals surface area contributed by atoms with Crippen molar-refractivity contribution in [1.82, 2.24) is 4.90 Å². The summed E-state index contributed by atoms with van der Waals surface area (Å²) in [5.74, 6) is 0.0843. The maximum Gasteiger partial charge on any atom is 0.339 e. The highest BCUT2D eigenvalue weighted by Crippen LogP contribution is 2.23. The average Bonchev–Trinajstić information content (AvgIpc) is 2.61. The molecule has 0 aliphatic rings. The Morgan fingerprint density at radius 3 is 2.35 bits per heavy atom. The van der Waals surface area contributed by atoms with Gasteiger partial charge in [0.15, 0.2) is 0 Å². The molecule has 0 unspecified atom stereocenters. The average molecular weight is 375 g/mol. The van der Waals surface area contributed by atoms with Crippen LogP contribution in [-0.4, -0.2) is 32.8 Å². The second-order valence-electron chi connectivity index (χ2n) is 6.41. The van der Waals surface area contributed by atoms with Crippen molar-refractivity contribution in [2.75, 3.05) is 13.6 Å². The van der Waals surface area contributed by atoms with Crippen molar-refractivity contribution in [1.29, 1.82) is 0 Å². The SMILES string of the molecule is CCCCN(C)C(=O)c1ccc(OS(=O)(=O)c2cc(C)ccc2C)cc1. The first-order valence-electron chi connectivity index (χ1n) is 8.62. The van der Waals surface area contributed by atoms with Crippen LogP contribution in [0.2, 0.25) is 0 Å². The summed E-state index contributed by atoms with van der Waals surface area (Å²) in [5.41, 5.74) is 1.97. The molecule has 2 aromatic carbocycles. The van der Waals surface area contributed by atoms with Crippen LogP contribution in [0.4, 0.5) is 0 Å². The van der Waals surface area contributed by atoms with Crippen LogP contribution in [-0.2, 0) is 10.1 Å². The Balaban J connectivity index is 2.16. The summed E-state index contributed by atoms with van der Waals surface area (Å²) in [4.78, 5) is 14.1. The van der Waals surface area contributed by atoms with E-state index in [1.165, 1.54) is 12.1 Å². The van der Waals surface area contributed by atoms with Crippen LogP contribution in [0.15, 0.2) is 47.4 Å². The first-order valence-corrected chi connectivity index (χ1v) is 10.0. The monoisotopic (exact) mass is 375 g/mol. The van der Waals surface area contributed by atoms with Gasteiger partial charge >= 0.3 is 10.1 Å². The second kappa shape index (κ2) is 8.36. The molecule has 0 aliphatic carbocycles. The Morgan fingerprint density at radius 1 is 1.08 bits per heavy atom. The fraction of sp³-hybridized carbons (Fsp3) is 0.350. The maximum atomic E-state index is 12.5.